The number of carbonyl (C=O) groups excluding carboxylic acids is 2. The van der Waals surface area contributed by atoms with Crippen molar-refractivity contribution in [2.75, 3.05) is 31.9 Å². The molecule has 3 rings (SSSR count). The van der Waals surface area contributed by atoms with Gasteiger partial charge in [-0.25, -0.2) is 0 Å². The Morgan fingerprint density at radius 3 is 2.44 bits per heavy atom. The lowest BCUT2D eigenvalue weighted by molar-refractivity contribution is -0.121. The summed E-state index contributed by atoms with van der Waals surface area (Å²) in [4.78, 5) is 27.8. The second kappa shape index (κ2) is 9.60. The van der Waals surface area contributed by atoms with E-state index in [2.05, 4.69) is 48.3 Å². The number of benzene rings is 1. The zero-order valence-electron chi connectivity index (χ0n) is 16.4. The number of rotatable bonds is 7. The fourth-order valence-electron chi connectivity index (χ4n) is 4.10. The Bertz CT molecular complexity index is 639. The van der Waals surface area contributed by atoms with Gasteiger partial charge >= 0.3 is 0 Å². The van der Waals surface area contributed by atoms with Gasteiger partial charge < -0.3 is 10.2 Å². The van der Waals surface area contributed by atoms with Crippen LogP contribution in [0, 0.1) is 11.8 Å². The van der Waals surface area contributed by atoms with Crippen LogP contribution in [-0.4, -0.2) is 52.9 Å². The van der Waals surface area contributed by atoms with Gasteiger partial charge in [-0.15, -0.1) is 0 Å². The van der Waals surface area contributed by atoms with E-state index in [0.717, 1.165) is 36.2 Å². The smallest absolute Gasteiger partial charge is 0.281 e. The van der Waals surface area contributed by atoms with E-state index < -0.39 is 0 Å². The van der Waals surface area contributed by atoms with E-state index in [0.29, 0.717) is 19.5 Å². The average Bonchev–Trinajstić information content (AvgIpc) is 3.03. The van der Waals surface area contributed by atoms with Gasteiger partial charge in [-0.3, -0.25) is 14.5 Å². The minimum Gasteiger partial charge on any atom is -0.352 e. The molecule has 148 valence electrons. The average molecular weight is 390 g/mol. The van der Waals surface area contributed by atoms with E-state index in [9.17, 15) is 9.59 Å². The molecule has 2 saturated heterocycles. The van der Waals surface area contributed by atoms with Crippen molar-refractivity contribution >= 4 is 22.9 Å². The van der Waals surface area contributed by atoms with Crippen LogP contribution in [0.5, 0.6) is 0 Å². The molecule has 2 aliphatic heterocycles. The third kappa shape index (κ3) is 6.25. The first-order valence-corrected chi connectivity index (χ1v) is 11.0. The summed E-state index contributed by atoms with van der Waals surface area (Å²) in [6.07, 6.45) is 1.70. The molecule has 27 heavy (non-hydrogen) atoms. The highest BCUT2D eigenvalue weighted by Gasteiger charge is 2.22. The number of thioether (sulfide) groups is 1. The zero-order chi connectivity index (χ0) is 19.2. The Balaban J connectivity index is 1.39. The summed E-state index contributed by atoms with van der Waals surface area (Å²) in [7, 11) is 0. The van der Waals surface area contributed by atoms with E-state index in [4.69, 9.17) is 0 Å². The largest absolute Gasteiger partial charge is 0.352 e. The summed E-state index contributed by atoms with van der Waals surface area (Å²) in [5, 5.41) is 3.05. The van der Waals surface area contributed by atoms with Crippen molar-refractivity contribution in [2.24, 2.45) is 11.8 Å². The molecule has 5 nitrogen and oxygen atoms in total. The molecule has 1 N–H and O–H groups in total. The number of hydrogen-bond acceptors (Lipinski definition) is 4. The van der Waals surface area contributed by atoms with Gasteiger partial charge in [0.25, 0.3) is 5.24 Å². The highest BCUT2D eigenvalue weighted by molar-refractivity contribution is 8.13. The predicted octanol–water partition coefficient (Wildman–Crippen LogP) is 3.34. The molecule has 2 heterocycles. The Labute approximate surface area is 166 Å². The first kappa shape index (κ1) is 20.2. The van der Waals surface area contributed by atoms with Crippen LogP contribution < -0.4 is 5.32 Å². The fraction of sp³-hybridized carbons (Fsp3) is 0.619. The predicted molar refractivity (Wildman–Crippen MR) is 111 cm³/mol. The molecular formula is C21H31N3O2S. The molecule has 0 aliphatic carbocycles. The molecule has 0 bridgehead atoms. The van der Waals surface area contributed by atoms with E-state index in [1.807, 2.05) is 0 Å². The molecule has 6 heteroatoms. The van der Waals surface area contributed by atoms with Crippen LogP contribution in [0.25, 0.3) is 0 Å². The van der Waals surface area contributed by atoms with Crippen LogP contribution in [0.1, 0.15) is 37.8 Å². The van der Waals surface area contributed by atoms with Gasteiger partial charge in [-0.2, -0.15) is 0 Å². The van der Waals surface area contributed by atoms with Gasteiger partial charge in [0, 0.05) is 51.4 Å². The van der Waals surface area contributed by atoms with Crippen molar-refractivity contribution < 1.29 is 9.59 Å². The van der Waals surface area contributed by atoms with Crippen molar-refractivity contribution in [3.8, 4) is 0 Å². The van der Waals surface area contributed by atoms with Crippen LogP contribution in [0.15, 0.2) is 24.3 Å². The summed E-state index contributed by atoms with van der Waals surface area (Å²) in [6, 6.07) is 8.55. The summed E-state index contributed by atoms with van der Waals surface area (Å²) in [5.41, 5.74) is 2.44. The maximum absolute atomic E-state index is 12.0. The molecule has 2 atom stereocenters. The Hall–Kier alpha value is -1.53. The second-order valence-electron chi connectivity index (χ2n) is 8.08. The lowest BCUT2D eigenvalue weighted by Gasteiger charge is -2.35. The van der Waals surface area contributed by atoms with E-state index in [-0.39, 0.29) is 11.1 Å². The molecule has 1 aromatic rings. The first-order chi connectivity index (χ1) is 13.0. The lowest BCUT2D eigenvalue weighted by Crippen LogP contribution is -2.38. The van der Waals surface area contributed by atoms with Crippen molar-refractivity contribution in [3.05, 3.63) is 35.4 Å². The maximum atomic E-state index is 12.0. The molecule has 0 spiro atoms. The number of amides is 2. The van der Waals surface area contributed by atoms with E-state index >= 15 is 0 Å². The topological polar surface area (TPSA) is 52.7 Å². The van der Waals surface area contributed by atoms with Crippen LogP contribution in [-0.2, 0) is 17.9 Å². The Morgan fingerprint density at radius 2 is 1.81 bits per heavy atom. The third-order valence-corrected chi connectivity index (χ3v) is 6.21. The van der Waals surface area contributed by atoms with E-state index in [1.54, 1.807) is 4.90 Å². The lowest BCUT2D eigenvalue weighted by atomic mass is 9.91. The number of likely N-dealkylation sites (tertiary alicyclic amines) is 1. The van der Waals surface area contributed by atoms with Gasteiger partial charge in [0.15, 0.2) is 0 Å². The number of hydrogen-bond donors (Lipinski definition) is 1. The SMILES string of the molecule is C[C@@H]1C[C@@H](C)CN(Cc2ccc(CNC(=O)CCN3CCSC3=O)cc2)C1. The maximum Gasteiger partial charge on any atom is 0.281 e. The quantitative estimate of drug-likeness (QED) is 0.777. The molecule has 0 radical (unpaired) electrons. The van der Waals surface area contributed by atoms with Gasteiger partial charge in [0.05, 0.1) is 0 Å². The standard InChI is InChI=1S/C21H31N3O2S/c1-16-11-17(2)14-23(13-16)15-19-5-3-18(4-6-19)12-22-20(25)7-8-24-9-10-27-21(24)26/h3-6,16-17H,7-15H2,1-2H3,(H,22,25)/t16-,17-/m1/s1. The van der Waals surface area contributed by atoms with Crippen LogP contribution in [0.4, 0.5) is 4.79 Å². The van der Waals surface area contributed by atoms with Crippen LogP contribution in [0.3, 0.4) is 0 Å². The van der Waals surface area contributed by atoms with Crippen molar-refractivity contribution in [1.29, 1.82) is 0 Å². The van der Waals surface area contributed by atoms with Gasteiger partial charge in [0.1, 0.15) is 0 Å². The molecule has 2 amide bonds. The van der Waals surface area contributed by atoms with E-state index in [1.165, 1.54) is 36.8 Å². The van der Waals surface area contributed by atoms with Crippen LogP contribution in [0.2, 0.25) is 0 Å². The number of nitrogens with one attached hydrogen (secondary N) is 1. The number of piperidine rings is 1. The molecule has 1 aromatic carbocycles. The monoisotopic (exact) mass is 389 g/mol. The molecular weight excluding hydrogens is 358 g/mol. The minimum absolute atomic E-state index is 0.0000634. The summed E-state index contributed by atoms with van der Waals surface area (Å²) >= 11 is 1.33. The summed E-state index contributed by atoms with van der Waals surface area (Å²) < 4.78 is 0. The molecule has 2 aliphatic rings. The normalized spacial score (nSPS) is 23.6. The Morgan fingerprint density at radius 1 is 1.15 bits per heavy atom. The minimum atomic E-state index is 0.0000634. The highest BCUT2D eigenvalue weighted by atomic mass is 32.2. The molecule has 0 saturated carbocycles. The van der Waals surface area contributed by atoms with Gasteiger partial charge in [0.2, 0.25) is 5.91 Å². The highest BCUT2D eigenvalue weighted by Crippen LogP contribution is 2.22. The Kier molecular flexibility index (Phi) is 7.19. The van der Waals surface area contributed by atoms with Crippen LogP contribution >= 0.6 is 11.8 Å². The van der Waals surface area contributed by atoms with Crippen molar-refractivity contribution in [2.45, 2.75) is 39.8 Å². The van der Waals surface area contributed by atoms with Gasteiger partial charge in [-0.1, -0.05) is 49.9 Å². The van der Waals surface area contributed by atoms with Crippen molar-refractivity contribution in [3.63, 3.8) is 0 Å². The number of nitrogens with zero attached hydrogens (tertiary/aromatic N) is 2. The summed E-state index contributed by atoms with van der Waals surface area (Å²) in [5.74, 6) is 2.39. The first-order valence-electron chi connectivity index (χ1n) is 9.98. The summed E-state index contributed by atoms with van der Waals surface area (Å²) in [6.45, 7) is 9.86. The second-order valence-corrected chi connectivity index (χ2v) is 9.13. The molecule has 0 aromatic heterocycles. The van der Waals surface area contributed by atoms with Crippen molar-refractivity contribution in [1.82, 2.24) is 15.1 Å². The molecule has 2 fully saturated rings. The fourth-order valence-corrected chi connectivity index (χ4v) is 4.95. The number of carbonyl (C=O) groups is 2. The molecule has 0 unspecified atom stereocenters. The zero-order valence-corrected chi connectivity index (χ0v) is 17.3. The third-order valence-electron chi connectivity index (χ3n) is 5.32. The van der Waals surface area contributed by atoms with Gasteiger partial charge in [-0.05, 0) is 29.4 Å².